The molecule has 0 aliphatic heterocycles. The van der Waals surface area contributed by atoms with Gasteiger partial charge in [0.2, 0.25) is 0 Å². The average molecular weight is 395 g/mol. The van der Waals surface area contributed by atoms with E-state index in [1.165, 1.54) is 36.4 Å². The summed E-state index contributed by atoms with van der Waals surface area (Å²) < 4.78 is 32.2. The van der Waals surface area contributed by atoms with Crippen LogP contribution in [0.15, 0.2) is 42.5 Å². The second-order valence-corrected chi connectivity index (χ2v) is 6.86. The van der Waals surface area contributed by atoms with E-state index in [1.54, 1.807) is 6.92 Å². The van der Waals surface area contributed by atoms with E-state index in [4.69, 9.17) is 16.3 Å². The Bertz CT molecular complexity index is 945. The molecule has 1 aromatic heterocycles. The maximum atomic E-state index is 13.8. The molecule has 0 bridgehead atoms. The van der Waals surface area contributed by atoms with Gasteiger partial charge in [-0.3, -0.25) is 4.79 Å². The Morgan fingerprint density at radius 2 is 1.96 bits per heavy atom. The zero-order valence-corrected chi connectivity index (χ0v) is 15.1. The van der Waals surface area contributed by atoms with Crippen molar-refractivity contribution < 1.29 is 18.3 Å². The van der Waals surface area contributed by atoms with Gasteiger partial charge in [0.1, 0.15) is 33.9 Å². The highest BCUT2D eigenvalue weighted by Gasteiger charge is 2.17. The van der Waals surface area contributed by atoms with Crippen LogP contribution < -0.4 is 10.1 Å². The fourth-order valence-corrected chi connectivity index (χ4v) is 3.20. The van der Waals surface area contributed by atoms with Crippen molar-refractivity contribution in [3.63, 3.8) is 0 Å². The quantitative estimate of drug-likeness (QED) is 0.646. The number of amides is 1. The largest absolute Gasteiger partial charge is 0.486 e. The smallest absolute Gasteiger partial charge is 0.267 e. The molecule has 0 aliphatic rings. The number of halogens is 3. The van der Waals surface area contributed by atoms with Gasteiger partial charge in [-0.05, 0) is 49.4 Å². The van der Waals surface area contributed by atoms with E-state index >= 15 is 0 Å². The summed E-state index contributed by atoms with van der Waals surface area (Å²) in [5, 5.41) is 3.33. The summed E-state index contributed by atoms with van der Waals surface area (Å²) in [6.07, 6.45) is 0. The second-order valence-electron chi connectivity index (χ2n) is 5.34. The fraction of sp³-hybridized carbons (Fsp3) is 0.111. The number of hydrogen-bond donors (Lipinski definition) is 1. The Labute approximate surface area is 157 Å². The fourth-order valence-electron chi connectivity index (χ4n) is 2.17. The SMILES string of the molecule is Cc1nc(COc2ccc(F)cc2)sc1C(=O)Nc1ccc(Cl)cc1F. The molecule has 3 aromatic rings. The predicted octanol–water partition coefficient (Wildman–Crippen LogP) is 5.21. The van der Waals surface area contributed by atoms with Crippen LogP contribution in [0.2, 0.25) is 5.02 Å². The van der Waals surface area contributed by atoms with Gasteiger partial charge in [-0.2, -0.15) is 0 Å². The van der Waals surface area contributed by atoms with Crippen molar-refractivity contribution in [2.45, 2.75) is 13.5 Å². The van der Waals surface area contributed by atoms with Crippen molar-refractivity contribution in [2.75, 3.05) is 5.32 Å². The van der Waals surface area contributed by atoms with Gasteiger partial charge in [0.25, 0.3) is 5.91 Å². The van der Waals surface area contributed by atoms with Crippen LogP contribution in [0.5, 0.6) is 5.75 Å². The summed E-state index contributed by atoms with van der Waals surface area (Å²) in [6.45, 7) is 1.82. The maximum Gasteiger partial charge on any atom is 0.267 e. The highest BCUT2D eigenvalue weighted by Crippen LogP contribution is 2.24. The van der Waals surface area contributed by atoms with E-state index in [9.17, 15) is 13.6 Å². The number of rotatable bonds is 5. The van der Waals surface area contributed by atoms with E-state index in [0.717, 1.165) is 17.4 Å². The molecule has 2 aromatic carbocycles. The van der Waals surface area contributed by atoms with Gasteiger partial charge < -0.3 is 10.1 Å². The molecule has 1 heterocycles. The first-order valence-corrected chi connectivity index (χ1v) is 8.73. The number of hydrogen-bond acceptors (Lipinski definition) is 4. The molecule has 0 radical (unpaired) electrons. The molecule has 0 fully saturated rings. The summed E-state index contributed by atoms with van der Waals surface area (Å²) in [6, 6.07) is 9.61. The van der Waals surface area contributed by atoms with Gasteiger partial charge >= 0.3 is 0 Å². The van der Waals surface area contributed by atoms with Gasteiger partial charge in [-0.25, -0.2) is 13.8 Å². The molecule has 8 heteroatoms. The summed E-state index contributed by atoms with van der Waals surface area (Å²) in [5.74, 6) is -0.938. The molecule has 4 nitrogen and oxygen atoms in total. The number of aryl methyl sites for hydroxylation is 1. The molecule has 134 valence electrons. The van der Waals surface area contributed by atoms with Gasteiger partial charge in [0.15, 0.2) is 0 Å². The van der Waals surface area contributed by atoms with E-state index in [-0.39, 0.29) is 23.1 Å². The first-order chi connectivity index (χ1) is 12.4. The number of ether oxygens (including phenoxy) is 1. The minimum atomic E-state index is -0.618. The van der Waals surface area contributed by atoms with Crippen molar-refractivity contribution in [2.24, 2.45) is 0 Å². The van der Waals surface area contributed by atoms with Crippen LogP contribution in [0, 0.1) is 18.6 Å². The zero-order valence-electron chi connectivity index (χ0n) is 13.6. The van der Waals surface area contributed by atoms with Crippen molar-refractivity contribution in [3.05, 3.63) is 74.7 Å². The van der Waals surface area contributed by atoms with E-state index in [2.05, 4.69) is 10.3 Å². The molecule has 1 amide bonds. The molecule has 0 saturated heterocycles. The van der Waals surface area contributed by atoms with Crippen LogP contribution in [0.1, 0.15) is 20.4 Å². The highest BCUT2D eigenvalue weighted by molar-refractivity contribution is 7.13. The minimum Gasteiger partial charge on any atom is -0.486 e. The Hall–Kier alpha value is -2.51. The van der Waals surface area contributed by atoms with Crippen LogP contribution in [0.3, 0.4) is 0 Å². The Morgan fingerprint density at radius 3 is 2.65 bits per heavy atom. The van der Waals surface area contributed by atoms with Crippen LogP contribution in [0.25, 0.3) is 0 Å². The normalized spacial score (nSPS) is 10.6. The van der Waals surface area contributed by atoms with Gasteiger partial charge in [0, 0.05) is 5.02 Å². The number of benzene rings is 2. The van der Waals surface area contributed by atoms with Gasteiger partial charge in [-0.1, -0.05) is 11.6 Å². The van der Waals surface area contributed by atoms with E-state index in [1.807, 2.05) is 0 Å². The van der Waals surface area contributed by atoms with E-state index in [0.29, 0.717) is 21.3 Å². The third-order valence-electron chi connectivity index (χ3n) is 3.40. The van der Waals surface area contributed by atoms with Crippen molar-refractivity contribution in [1.29, 1.82) is 0 Å². The number of thiazole rings is 1. The molecule has 3 rings (SSSR count). The monoisotopic (exact) mass is 394 g/mol. The molecule has 1 N–H and O–H groups in total. The maximum absolute atomic E-state index is 13.8. The molecule has 26 heavy (non-hydrogen) atoms. The van der Waals surface area contributed by atoms with Crippen molar-refractivity contribution in [3.8, 4) is 5.75 Å². The lowest BCUT2D eigenvalue weighted by atomic mass is 10.3. The summed E-state index contributed by atoms with van der Waals surface area (Å²) in [5.41, 5.74) is 0.552. The molecule has 0 spiro atoms. The summed E-state index contributed by atoms with van der Waals surface area (Å²) in [7, 11) is 0. The first kappa shape index (κ1) is 18.3. The third-order valence-corrected chi connectivity index (χ3v) is 4.77. The summed E-state index contributed by atoms with van der Waals surface area (Å²) >= 11 is 6.85. The molecular weight excluding hydrogens is 382 g/mol. The topological polar surface area (TPSA) is 51.2 Å². The Kier molecular flexibility index (Phi) is 5.49. The van der Waals surface area contributed by atoms with Gasteiger partial charge in [-0.15, -0.1) is 11.3 Å². The molecule has 0 atom stereocenters. The molecule has 0 saturated carbocycles. The van der Waals surface area contributed by atoms with Crippen LogP contribution >= 0.6 is 22.9 Å². The first-order valence-electron chi connectivity index (χ1n) is 7.53. The number of carbonyl (C=O) groups excluding carboxylic acids is 1. The average Bonchev–Trinajstić information content (AvgIpc) is 2.98. The van der Waals surface area contributed by atoms with Crippen molar-refractivity contribution in [1.82, 2.24) is 4.98 Å². The van der Waals surface area contributed by atoms with Crippen LogP contribution in [0.4, 0.5) is 14.5 Å². The lowest BCUT2D eigenvalue weighted by Crippen LogP contribution is -2.12. The Balaban J connectivity index is 1.68. The number of carbonyl (C=O) groups is 1. The lowest BCUT2D eigenvalue weighted by molar-refractivity contribution is 0.102. The zero-order chi connectivity index (χ0) is 18.7. The minimum absolute atomic E-state index is 0.0383. The number of anilines is 1. The highest BCUT2D eigenvalue weighted by atomic mass is 35.5. The van der Waals surface area contributed by atoms with E-state index < -0.39 is 11.7 Å². The Morgan fingerprint density at radius 1 is 1.23 bits per heavy atom. The van der Waals surface area contributed by atoms with Gasteiger partial charge in [0.05, 0.1) is 11.4 Å². The standard InChI is InChI=1S/C18H13ClF2N2O2S/c1-10-17(18(24)23-15-7-2-11(19)8-14(15)21)26-16(22-10)9-25-13-5-3-12(20)4-6-13/h2-8H,9H2,1H3,(H,23,24). The number of nitrogens with one attached hydrogen (secondary N) is 1. The van der Waals surface area contributed by atoms with Crippen LogP contribution in [-0.2, 0) is 6.61 Å². The summed E-state index contributed by atoms with van der Waals surface area (Å²) in [4.78, 5) is 17.0. The third kappa shape index (κ3) is 4.36. The van der Waals surface area contributed by atoms with Crippen molar-refractivity contribution >= 4 is 34.5 Å². The second kappa shape index (κ2) is 7.80. The van der Waals surface area contributed by atoms with Crippen LogP contribution in [-0.4, -0.2) is 10.9 Å². The molecular formula is C18H13ClF2N2O2S. The lowest BCUT2D eigenvalue weighted by Gasteiger charge is -2.05. The molecule has 0 unspecified atom stereocenters. The number of nitrogens with zero attached hydrogens (tertiary/aromatic N) is 1. The number of aromatic nitrogens is 1. The predicted molar refractivity (Wildman–Crippen MR) is 96.9 cm³/mol. The molecule has 0 aliphatic carbocycles.